The number of nitrogens with one attached hydrogen (secondary N) is 4. The molecule has 6 heterocycles. The van der Waals surface area contributed by atoms with Gasteiger partial charge in [-0.05, 0) is 64.6 Å². The van der Waals surface area contributed by atoms with Crippen LogP contribution in [0.2, 0.25) is 0 Å². The Bertz CT molecular complexity index is 2680. The van der Waals surface area contributed by atoms with Crippen molar-refractivity contribution >= 4 is 30.1 Å². The highest BCUT2D eigenvalue weighted by Crippen LogP contribution is 2.40. The fraction of sp³-hybridized carbons (Fsp3) is 0.420. The van der Waals surface area contributed by atoms with Gasteiger partial charge in [-0.2, -0.15) is 0 Å². The van der Waals surface area contributed by atoms with Gasteiger partial charge in [0.1, 0.15) is 29.8 Å². The first-order valence-electron chi connectivity index (χ1n) is 23.3. The summed E-state index contributed by atoms with van der Waals surface area (Å²) in [5, 5.41) is 5.38. The molecule has 0 aliphatic carbocycles. The van der Waals surface area contributed by atoms with Crippen molar-refractivity contribution in [3.8, 4) is 45.1 Å². The second kappa shape index (κ2) is 19.6. The first kappa shape index (κ1) is 46.5. The van der Waals surface area contributed by atoms with Gasteiger partial charge in [-0.25, -0.2) is 24.4 Å². The van der Waals surface area contributed by atoms with Crippen LogP contribution in [0.4, 0.5) is 14.4 Å². The van der Waals surface area contributed by atoms with Crippen molar-refractivity contribution in [1.82, 2.24) is 45.3 Å². The van der Waals surface area contributed by atoms with Crippen molar-refractivity contribution in [3.05, 3.63) is 95.8 Å². The summed E-state index contributed by atoms with van der Waals surface area (Å²) in [6, 6.07) is 17.5. The minimum absolute atomic E-state index is 0.0968. The highest BCUT2D eigenvalue weighted by Gasteiger charge is 2.44. The Balaban J connectivity index is 0.871. The lowest BCUT2D eigenvalue weighted by molar-refractivity contribution is -0.136. The monoisotopic (exact) mass is 943 g/mol. The van der Waals surface area contributed by atoms with Gasteiger partial charge in [0.25, 0.3) is 0 Å². The molecule has 1 unspecified atom stereocenters. The summed E-state index contributed by atoms with van der Waals surface area (Å²) >= 11 is 0. The number of aromatic amines is 2. The molecule has 9 rings (SSSR count). The molecule has 0 radical (unpaired) electrons. The second-order valence-corrected chi connectivity index (χ2v) is 18.5. The molecule has 2 aromatic heterocycles. The number of methoxy groups -OCH3 is 2. The van der Waals surface area contributed by atoms with E-state index in [9.17, 15) is 24.0 Å². The van der Waals surface area contributed by atoms with Gasteiger partial charge in [-0.1, -0.05) is 76.2 Å². The summed E-state index contributed by atoms with van der Waals surface area (Å²) in [4.78, 5) is 87.3. The molecule has 69 heavy (non-hydrogen) atoms. The number of aromatic nitrogens is 4. The number of rotatable bonds is 12. The van der Waals surface area contributed by atoms with Crippen molar-refractivity contribution in [3.63, 3.8) is 0 Å². The minimum atomic E-state index is -0.899. The first-order valence-corrected chi connectivity index (χ1v) is 23.3. The van der Waals surface area contributed by atoms with E-state index in [1.165, 1.54) is 14.2 Å². The maximum absolute atomic E-state index is 14.3. The van der Waals surface area contributed by atoms with Crippen molar-refractivity contribution < 1.29 is 47.7 Å². The van der Waals surface area contributed by atoms with E-state index in [0.717, 1.165) is 57.6 Å². The molecule has 19 heteroatoms. The lowest BCUT2D eigenvalue weighted by Crippen LogP contribution is -2.51. The van der Waals surface area contributed by atoms with Crippen LogP contribution < -0.4 is 20.1 Å². The molecule has 5 aromatic rings. The molecule has 3 aromatic carbocycles. The molecule has 5 atom stereocenters. The van der Waals surface area contributed by atoms with Gasteiger partial charge in [0.15, 0.2) is 11.5 Å². The van der Waals surface area contributed by atoms with E-state index < -0.39 is 42.5 Å². The molecule has 0 saturated carbocycles. The number of hydrogen-bond donors (Lipinski definition) is 4. The van der Waals surface area contributed by atoms with Crippen LogP contribution in [-0.2, 0) is 36.9 Å². The number of H-pyrrole nitrogens is 2. The van der Waals surface area contributed by atoms with E-state index in [0.29, 0.717) is 42.8 Å². The zero-order valence-electron chi connectivity index (χ0n) is 39.4. The van der Waals surface area contributed by atoms with E-state index in [2.05, 4.69) is 20.6 Å². The van der Waals surface area contributed by atoms with Crippen molar-refractivity contribution in [2.75, 3.05) is 34.1 Å². The number of hydrogen-bond acceptors (Lipinski definition) is 12. The molecular formula is C50H57N9O10. The molecule has 2 saturated heterocycles. The van der Waals surface area contributed by atoms with E-state index in [4.69, 9.17) is 33.7 Å². The number of carbonyl (C=O) groups excluding carboxylic acids is 5. The first-order chi connectivity index (χ1) is 33.3. The predicted octanol–water partition coefficient (Wildman–Crippen LogP) is 7.08. The molecule has 0 bridgehead atoms. The Morgan fingerprint density at radius 2 is 1.30 bits per heavy atom. The number of amides is 5. The van der Waals surface area contributed by atoms with Crippen LogP contribution in [0.5, 0.6) is 11.5 Å². The second-order valence-electron chi connectivity index (χ2n) is 18.5. The molecule has 19 nitrogen and oxygen atoms in total. The van der Waals surface area contributed by atoms with Crippen molar-refractivity contribution in [1.29, 1.82) is 0 Å². The number of fused-ring (bicyclic) bond motifs is 2. The summed E-state index contributed by atoms with van der Waals surface area (Å²) in [6.45, 7) is 8.99. The SMILES string of the molecule is COC(=O)N[C@H](C(=O)N1C[C@H](OC(=O)N2Cc3cc4c(cc3C2)OCO4)CC1c1ncc(-c2ccc(-c3ccc(-c4c[nH]c([C@@H]5CCCN5C(=O)[C@@H](NC(=O)OC)C(C)C)n4)cc3)cc2)[nH]1)C(C)C. The Kier molecular flexibility index (Phi) is 13.2. The molecular weight excluding hydrogens is 887 g/mol. The third kappa shape index (κ3) is 9.62. The number of carbonyl (C=O) groups is 5. The number of imidazole rings is 2. The zero-order chi connectivity index (χ0) is 48.5. The van der Waals surface area contributed by atoms with E-state index in [-0.39, 0.29) is 49.5 Å². The lowest BCUT2D eigenvalue weighted by atomic mass is 10.0. The van der Waals surface area contributed by atoms with Crippen LogP contribution in [0.1, 0.15) is 81.8 Å². The van der Waals surface area contributed by atoms with E-state index in [1.807, 2.05) is 94.6 Å². The van der Waals surface area contributed by atoms with Crippen LogP contribution in [-0.4, -0.2) is 117 Å². The third-order valence-electron chi connectivity index (χ3n) is 13.3. The van der Waals surface area contributed by atoms with Crippen LogP contribution in [0.3, 0.4) is 0 Å². The molecule has 0 spiro atoms. The Hall–Kier alpha value is -7.57. The molecule has 2 fully saturated rings. The zero-order valence-corrected chi connectivity index (χ0v) is 39.4. The third-order valence-corrected chi connectivity index (χ3v) is 13.3. The molecule has 362 valence electrons. The Morgan fingerprint density at radius 3 is 1.88 bits per heavy atom. The van der Waals surface area contributed by atoms with Crippen LogP contribution in [0.25, 0.3) is 33.6 Å². The Labute approximate surface area is 399 Å². The smallest absolute Gasteiger partial charge is 0.410 e. The quantitative estimate of drug-likeness (QED) is 0.0922. The average molecular weight is 944 g/mol. The molecule has 4 N–H and O–H groups in total. The van der Waals surface area contributed by atoms with E-state index in [1.54, 1.807) is 20.9 Å². The van der Waals surface area contributed by atoms with E-state index >= 15 is 0 Å². The Morgan fingerprint density at radius 1 is 0.739 bits per heavy atom. The van der Waals surface area contributed by atoms with Crippen LogP contribution >= 0.6 is 0 Å². The lowest BCUT2D eigenvalue weighted by Gasteiger charge is -2.29. The predicted molar refractivity (Wildman–Crippen MR) is 250 cm³/mol. The van der Waals surface area contributed by atoms with Gasteiger partial charge in [-0.3, -0.25) is 14.5 Å². The maximum atomic E-state index is 14.3. The standard InChI is InChI=1S/C50H57N9O10/c1-27(2)42(55-48(62)65-5)46(60)58-17-7-8-38(58)44-51-21-36(53-44)31-13-9-29(10-14-31)30-11-15-32(16-12-30)37-22-52-45(54-37)39-20-35(25-59(39)47(61)43(28(3)4)56-49(63)66-6)69-50(64)57-23-33-18-40-41(68-26-67-40)19-34(33)24-57/h9-16,18-19,21-22,27-28,35,38-39,42-43H,7-8,17,20,23-26H2,1-6H3,(H,51,53)(H,52,54)(H,55,62)(H,56,63)/t35-,38+,39?,42+,43+/m1/s1. The van der Waals surface area contributed by atoms with Crippen LogP contribution in [0.15, 0.2) is 73.1 Å². The summed E-state index contributed by atoms with van der Waals surface area (Å²) in [6.07, 6.45) is 2.92. The van der Waals surface area contributed by atoms with Crippen molar-refractivity contribution in [2.24, 2.45) is 11.8 Å². The number of likely N-dealkylation sites (tertiary alicyclic amines) is 2. The van der Waals surface area contributed by atoms with Crippen LogP contribution in [0, 0.1) is 11.8 Å². The van der Waals surface area contributed by atoms with Gasteiger partial charge in [0.2, 0.25) is 18.6 Å². The normalized spacial score (nSPS) is 19.1. The largest absolute Gasteiger partial charge is 0.454 e. The maximum Gasteiger partial charge on any atom is 0.410 e. The number of benzene rings is 3. The summed E-state index contributed by atoms with van der Waals surface area (Å²) in [5.74, 6) is 1.61. The van der Waals surface area contributed by atoms with Gasteiger partial charge in [-0.15, -0.1) is 0 Å². The van der Waals surface area contributed by atoms with Gasteiger partial charge < -0.3 is 54.1 Å². The molecule has 4 aliphatic rings. The number of nitrogens with zero attached hydrogens (tertiary/aromatic N) is 5. The minimum Gasteiger partial charge on any atom is -0.454 e. The topological polar surface area (TPSA) is 223 Å². The summed E-state index contributed by atoms with van der Waals surface area (Å²) in [7, 11) is 2.53. The van der Waals surface area contributed by atoms with Gasteiger partial charge in [0.05, 0.1) is 50.4 Å². The average Bonchev–Trinajstić information content (AvgIpc) is 4.22. The highest BCUT2D eigenvalue weighted by atomic mass is 16.7. The molecule has 4 aliphatic heterocycles. The fourth-order valence-corrected chi connectivity index (χ4v) is 9.57. The number of alkyl carbamates (subject to hydrolysis) is 2. The molecule has 5 amide bonds. The van der Waals surface area contributed by atoms with Crippen molar-refractivity contribution in [2.45, 2.75) is 90.3 Å². The number of ether oxygens (including phenoxy) is 5. The summed E-state index contributed by atoms with van der Waals surface area (Å²) in [5.41, 5.74) is 7.19. The fourth-order valence-electron chi connectivity index (χ4n) is 9.57. The van der Waals surface area contributed by atoms with Gasteiger partial charge in [0, 0.05) is 37.8 Å². The highest BCUT2D eigenvalue weighted by molar-refractivity contribution is 5.87. The summed E-state index contributed by atoms with van der Waals surface area (Å²) < 4.78 is 26.8. The van der Waals surface area contributed by atoms with Gasteiger partial charge >= 0.3 is 18.3 Å².